The molecule has 4 aliphatic rings. The summed E-state index contributed by atoms with van der Waals surface area (Å²) >= 11 is 0. The van der Waals surface area contributed by atoms with Crippen LogP contribution < -0.4 is 5.32 Å². The van der Waals surface area contributed by atoms with Crippen molar-refractivity contribution in [1.29, 1.82) is 0 Å². The van der Waals surface area contributed by atoms with Gasteiger partial charge in [-0.15, -0.1) is 0 Å². The molecule has 2 saturated carbocycles. The largest absolute Gasteiger partial charge is 0.381 e. The fourth-order valence-electron chi connectivity index (χ4n) is 5.09. The van der Waals surface area contributed by atoms with Gasteiger partial charge in [0.15, 0.2) is 0 Å². The molecule has 0 bridgehead atoms. The summed E-state index contributed by atoms with van der Waals surface area (Å²) in [6, 6.07) is 0.0813. The predicted octanol–water partition coefficient (Wildman–Crippen LogP) is 2.10. The second-order valence-corrected chi connectivity index (χ2v) is 8.51. The average molecular weight is 334 g/mol. The van der Waals surface area contributed by atoms with Gasteiger partial charge in [0.25, 0.3) is 0 Å². The molecule has 2 aliphatic carbocycles. The Bertz CT molecular complexity index is 507. The van der Waals surface area contributed by atoms with Crippen LogP contribution in [-0.4, -0.2) is 48.6 Å². The lowest BCUT2D eigenvalue weighted by Crippen LogP contribution is -2.71. The van der Waals surface area contributed by atoms with Gasteiger partial charge < -0.3 is 15.0 Å². The maximum absolute atomic E-state index is 13.2. The molecule has 0 aromatic rings. The van der Waals surface area contributed by atoms with E-state index in [0.29, 0.717) is 23.3 Å². The van der Waals surface area contributed by atoms with Gasteiger partial charge in [-0.05, 0) is 43.9 Å². The molecule has 134 valence electrons. The average Bonchev–Trinajstić information content (AvgIpc) is 3.31. The fourth-order valence-corrected chi connectivity index (χ4v) is 5.09. The maximum atomic E-state index is 13.2. The minimum Gasteiger partial charge on any atom is -0.381 e. The van der Waals surface area contributed by atoms with Crippen molar-refractivity contribution >= 4 is 11.8 Å². The highest BCUT2D eigenvalue weighted by atomic mass is 16.5. The Labute approximate surface area is 144 Å². The minimum absolute atomic E-state index is 0.0862. The van der Waals surface area contributed by atoms with Crippen LogP contribution in [0.1, 0.15) is 58.3 Å². The molecule has 2 aliphatic heterocycles. The van der Waals surface area contributed by atoms with Gasteiger partial charge in [-0.1, -0.05) is 19.3 Å². The fraction of sp³-hybridized carbons (Fsp3) is 0.895. The number of carbonyl (C=O) groups is 2. The normalized spacial score (nSPS) is 30.4. The van der Waals surface area contributed by atoms with Crippen LogP contribution in [0.5, 0.6) is 0 Å². The molecule has 0 aromatic carbocycles. The number of nitrogens with zero attached hydrogens (tertiary/aromatic N) is 1. The van der Waals surface area contributed by atoms with Crippen LogP contribution in [0.15, 0.2) is 0 Å². The van der Waals surface area contributed by atoms with Crippen molar-refractivity contribution < 1.29 is 14.3 Å². The molecule has 5 nitrogen and oxygen atoms in total. The summed E-state index contributed by atoms with van der Waals surface area (Å²) < 4.78 is 5.56. The van der Waals surface area contributed by atoms with Crippen LogP contribution in [0.3, 0.4) is 0 Å². The summed E-state index contributed by atoms with van der Waals surface area (Å²) in [4.78, 5) is 26.9. The lowest BCUT2D eigenvalue weighted by atomic mass is 9.64. The smallest absolute Gasteiger partial charge is 0.245 e. The molecule has 24 heavy (non-hydrogen) atoms. The van der Waals surface area contributed by atoms with E-state index < -0.39 is 0 Å². The maximum Gasteiger partial charge on any atom is 0.245 e. The number of hydrogen-bond acceptors (Lipinski definition) is 3. The van der Waals surface area contributed by atoms with Crippen LogP contribution in [-0.2, 0) is 14.3 Å². The molecular formula is C19H30N2O3. The van der Waals surface area contributed by atoms with E-state index in [0.717, 1.165) is 39.0 Å². The third-order valence-electron chi connectivity index (χ3n) is 6.76. The van der Waals surface area contributed by atoms with E-state index in [2.05, 4.69) is 10.2 Å². The molecule has 2 amide bonds. The van der Waals surface area contributed by atoms with Crippen molar-refractivity contribution in [2.45, 2.75) is 70.4 Å². The van der Waals surface area contributed by atoms with E-state index in [9.17, 15) is 9.59 Å². The minimum atomic E-state index is -0.314. The molecule has 0 aromatic heterocycles. The second kappa shape index (κ2) is 6.32. The lowest BCUT2D eigenvalue weighted by Gasteiger charge is -2.60. The van der Waals surface area contributed by atoms with Crippen molar-refractivity contribution in [2.24, 2.45) is 17.3 Å². The van der Waals surface area contributed by atoms with Crippen LogP contribution in [0.4, 0.5) is 0 Å². The predicted molar refractivity (Wildman–Crippen MR) is 90.3 cm³/mol. The highest BCUT2D eigenvalue weighted by Crippen LogP contribution is 2.55. The zero-order valence-corrected chi connectivity index (χ0v) is 14.8. The van der Waals surface area contributed by atoms with Crippen LogP contribution in [0.25, 0.3) is 0 Å². The van der Waals surface area contributed by atoms with Gasteiger partial charge in [0, 0.05) is 38.1 Å². The first kappa shape index (κ1) is 16.4. The van der Waals surface area contributed by atoms with Gasteiger partial charge in [-0.25, -0.2) is 0 Å². The molecule has 4 rings (SSSR count). The van der Waals surface area contributed by atoms with Crippen molar-refractivity contribution in [3.63, 3.8) is 0 Å². The van der Waals surface area contributed by atoms with E-state index in [4.69, 9.17) is 4.74 Å². The van der Waals surface area contributed by atoms with E-state index in [1.807, 2.05) is 0 Å². The molecule has 1 N–H and O–H groups in total. The molecule has 0 radical (unpaired) electrons. The van der Waals surface area contributed by atoms with Crippen molar-refractivity contribution in [3.05, 3.63) is 0 Å². The van der Waals surface area contributed by atoms with E-state index in [1.165, 1.54) is 39.0 Å². The summed E-state index contributed by atoms with van der Waals surface area (Å²) in [6.45, 7) is 4.07. The summed E-state index contributed by atoms with van der Waals surface area (Å²) in [5.74, 6) is 1.38. The number of amides is 2. The highest BCUT2D eigenvalue weighted by molar-refractivity contribution is 5.88. The van der Waals surface area contributed by atoms with E-state index in [1.54, 1.807) is 0 Å². The van der Waals surface area contributed by atoms with E-state index >= 15 is 0 Å². The Kier molecular flexibility index (Phi) is 4.31. The topological polar surface area (TPSA) is 58.6 Å². The summed E-state index contributed by atoms with van der Waals surface area (Å²) in [6.07, 6.45) is 9.19. The van der Waals surface area contributed by atoms with Gasteiger partial charge in [-0.3, -0.25) is 9.59 Å². The molecule has 4 fully saturated rings. The first-order valence-corrected chi connectivity index (χ1v) is 9.74. The number of nitrogens with one attached hydrogen (secondary N) is 1. The summed E-state index contributed by atoms with van der Waals surface area (Å²) in [5, 5.41) is 2.94. The Morgan fingerprint density at radius 1 is 1.21 bits per heavy atom. The van der Waals surface area contributed by atoms with E-state index in [-0.39, 0.29) is 17.9 Å². The molecule has 2 heterocycles. The molecule has 2 saturated heterocycles. The standard InChI is InChI=1S/C19H30N2O3/c1-13(22)20-16(11-14-3-2-4-14)18(23)21-12-19(7-9-24-10-8-19)17(21)15-5-6-15/h14-17H,2-12H2,1H3,(H,20,22)/t16-,17?/m1/s1. The van der Waals surface area contributed by atoms with Gasteiger partial charge in [-0.2, -0.15) is 0 Å². The van der Waals surface area contributed by atoms with Gasteiger partial charge >= 0.3 is 0 Å². The number of ether oxygens (including phenoxy) is 1. The van der Waals surface area contributed by atoms with Crippen LogP contribution >= 0.6 is 0 Å². The number of hydrogen-bond donors (Lipinski definition) is 1. The Hall–Kier alpha value is -1.10. The van der Waals surface area contributed by atoms with Crippen molar-refractivity contribution in [2.75, 3.05) is 19.8 Å². The Morgan fingerprint density at radius 3 is 2.46 bits per heavy atom. The van der Waals surface area contributed by atoms with Gasteiger partial charge in [0.1, 0.15) is 6.04 Å². The van der Waals surface area contributed by atoms with Gasteiger partial charge in [0.05, 0.1) is 0 Å². The zero-order valence-electron chi connectivity index (χ0n) is 14.8. The first-order chi connectivity index (χ1) is 11.6. The summed E-state index contributed by atoms with van der Waals surface area (Å²) in [5.41, 5.74) is 0.298. The molecule has 1 unspecified atom stereocenters. The van der Waals surface area contributed by atoms with Crippen LogP contribution in [0.2, 0.25) is 0 Å². The highest BCUT2D eigenvalue weighted by Gasteiger charge is 2.60. The molecule has 1 spiro atoms. The molecule has 2 atom stereocenters. The number of carbonyl (C=O) groups excluding carboxylic acids is 2. The molecule has 5 heteroatoms. The quantitative estimate of drug-likeness (QED) is 0.838. The Morgan fingerprint density at radius 2 is 1.92 bits per heavy atom. The third kappa shape index (κ3) is 2.96. The van der Waals surface area contributed by atoms with Crippen molar-refractivity contribution in [1.82, 2.24) is 10.2 Å². The third-order valence-corrected chi connectivity index (χ3v) is 6.76. The van der Waals surface area contributed by atoms with Crippen molar-refractivity contribution in [3.8, 4) is 0 Å². The second-order valence-electron chi connectivity index (χ2n) is 8.51. The Balaban J connectivity index is 1.46. The first-order valence-electron chi connectivity index (χ1n) is 9.74. The van der Waals surface area contributed by atoms with Gasteiger partial charge in [0.2, 0.25) is 11.8 Å². The SMILES string of the molecule is CC(=O)N[C@H](CC1CCC1)C(=O)N1CC2(CCOCC2)C1C1CC1. The molecular weight excluding hydrogens is 304 g/mol. The summed E-state index contributed by atoms with van der Waals surface area (Å²) in [7, 11) is 0. The monoisotopic (exact) mass is 334 g/mol. The zero-order chi connectivity index (χ0) is 16.7. The van der Waals surface area contributed by atoms with Crippen LogP contribution in [0, 0.1) is 17.3 Å². The number of likely N-dealkylation sites (tertiary alicyclic amines) is 1. The lowest BCUT2D eigenvalue weighted by molar-refractivity contribution is -0.174. The number of rotatable bonds is 5.